The van der Waals surface area contributed by atoms with Gasteiger partial charge in [-0.2, -0.15) is 0 Å². The fraction of sp³-hybridized carbons (Fsp3) is 0.222. The molecule has 120 valence electrons. The van der Waals surface area contributed by atoms with Gasteiger partial charge in [0, 0.05) is 10.0 Å². The summed E-state index contributed by atoms with van der Waals surface area (Å²) in [5.74, 6) is 0.313. The van der Waals surface area contributed by atoms with E-state index in [1.165, 1.54) is 6.92 Å². The lowest BCUT2D eigenvalue weighted by molar-refractivity contribution is -0.145. The molecule has 0 aliphatic rings. The molecule has 2 rings (SSSR count). The van der Waals surface area contributed by atoms with Crippen LogP contribution in [0.5, 0.6) is 5.75 Å². The Morgan fingerprint density at radius 2 is 1.83 bits per heavy atom. The number of hydrogen-bond acceptors (Lipinski definition) is 4. The molecule has 0 aliphatic heterocycles. The third kappa shape index (κ3) is 5.87. The normalized spacial score (nSPS) is 10.2. The molecule has 0 heterocycles. The van der Waals surface area contributed by atoms with Crippen molar-refractivity contribution in [1.82, 2.24) is 0 Å². The third-order valence-electron chi connectivity index (χ3n) is 3.12. The van der Waals surface area contributed by atoms with Gasteiger partial charge in [0.1, 0.15) is 12.4 Å². The molecule has 0 aliphatic carbocycles. The van der Waals surface area contributed by atoms with E-state index in [2.05, 4.69) is 15.9 Å². The lowest BCUT2D eigenvalue weighted by Crippen LogP contribution is -2.10. The molecular formula is C18H17BrO4. The maximum atomic E-state index is 11.7. The summed E-state index contributed by atoms with van der Waals surface area (Å²) >= 11 is 3.37. The van der Waals surface area contributed by atoms with E-state index in [-0.39, 0.29) is 31.4 Å². The average Bonchev–Trinajstić information content (AvgIpc) is 2.53. The summed E-state index contributed by atoms with van der Waals surface area (Å²) in [6.45, 7) is 1.99. The van der Waals surface area contributed by atoms with Crippen molar-refractivity contribution >= 4 is 27.7 Å². The van der Waals surface area contributed by atoms with Gasteiger partial charge >= 0.3 is 5.97 Å². The van der Waals surface area contributed by atoms with Gasteiger partial charge in [-0.05, 0) is 48.9 Å². The molecule has 23 heavy (non-hydrogen) atoms. The highest BCUT2D eigenvalue weighted by atomic mass is 79.9. The van der Waals surface area contributed by atoms with Crippen molar-refractivity contribution < 1.29 is 19.1 Å². The molecule has 0 fully saturated rings. The lowest BCUT2D eigenvalue weighted by Gasteiger charge is -2.07. The second kappa shape index (κ2) is 8.48. The van der Waals surface area contributed by atoms with Gasteiger partial charge in [-0.1, -0.05) is 28.1 Å². The summed E-state index contributed by atoms with van der Waals surface area (Å²) in [7, 11) is 0. The number of Topliss-reactive ketones (excluding diaryl/α,β-unsaturated/α-hetero) is 1. The van der Waals surface area contributed by atoms with Gasteiger partial charge in [0.2, 0.25) is 0 Å². The topological polar surface area (TPSA) is 52.6 Å². The number of rotatable bonds is 7. The second-order valence-electron chi connectivity index (χ2n) is 4.97. The van der Waals surface area contributed by atoms with Crippen molar-refractivity contribution in [1.29, 1.82) is 0 Å². The van der Waals surface area contributed by atoms with Crippen LogP contribution in [0.1, 0.15) is 29.3 Å². The van der Waals surface area contributed by atoms with E-state index < -0.39 is 0 Å². The molecule has 0 saturated carbocycles. The minimum absolute atomic E-state index is 0.00711. The number of halogens is 1. The molecule has 0 atom stereocenters. The Labute approximate surface area is 143 Å². The number of esters is 1. The van der Waals surface area contributed by atoms with Crippen molar-refractivity contribution in [2.45, 2.75) is 20.0 Å². The van der Waals surface area contributed by atoms with E-state index in [0.29, 0.717) is 11.3 Å². The summed E-state index contributed by atoms with van der Waals surface area (Å²) in [4.78, 5) is 22.8. The number of ketones is 1. The van der Waals surface area contributed by atoms with Crippen LogP contribution in [0.2, 0.25) is 0 Å². The van der Waals surface area contributed by atoms with Gasteiger partial charge < -0.3 is 9.47 Å². The Balaban J connectivity index is 1.71. The zero-order valence-electron chi connectivity index (χ0n) is 12.8. The van der Waals surface area contributed by atoms with Crippen LogP contribution in [0.4, 0.5) is 0 Å². The Hall–Kier alpha value is -2.14. The van der Waals surface area contributed by atoms with Crippen LogP contribution in [-0.2, 0) is 16.1 Å². The molecule has 0 spiro atoms. The predicted molar refractivity (Wildman–Crippen MR) is 90.5 cm³/mol. The Morgan fingerprint density at radius 3 is 2.48 bits per heavy atom. The molecule has 5 heteroatoms. The van der Waals surface area contributed by atoms with Crippen LogP contribution in [0, 0.1) is 0 Å². The molecule has 2 aromatic rings. The van der Waals surface area contributed by atoms with Crippen LogP contribution in [0.25, 0.3) is 0 Å². The molecule has 4 nitrogen and oxygen atoms in total. The van der Waals surface area contributed by atoms with E-state index in [4.69, 9.17) is 9.47 Å². The smallest absolute Gasteiger partial charge is 0.309 e. The summed E-state index contributed by atoms with van der Waals surface area (Å²) < 4.78 is 11.6. The third-order valence-corrected chi connectivity index (χ3v) is 3.62. The molecule has 0 bridgehead atoms. The van der Waals surface area contributed by atoms with Crippen molar-refractivity contribution in [3.05, 3.63) is 64.1 Å². The van der Waals surface area contributed by atoms with Crippen LogP contribution < -0.4 is 4.74 Å². The zero-order valence-corrected chi connectivity index (χ0v) is 14.3. The van der Waals surface area contributed by atoms with Gasteiger partial charge in [0.15, 0.2) is 5.78 Å². The maximum Gasteiger partial charge on any atom is 0.309 e. The van der Waals surface area contributed by atoms with Gasteiger partial charge in [0.05, 0.1) is 13.0 Å². The van der Waals surface area contributed by atoms with Crippen molar-refractivity contribution in [2.75, 3.05) is 6.61 Å². The number of hydrogen-bond donors (Lipinski definition) is 0. The standard InChI is InChI=1S/C18H17BrO4/c1-13(20)15-5-7-17(8-6-15)22-10-9-18(21)23-12-14-3-2-4-16(19)11-14/h2-8,11H,9-10,12H2,1H3. The first-order chi connectivity index (χ1) is 11.0. The Morgan fingerprint density at radius 1 is 1.09 bits per heavy atom. The summed E-state index contributed by atoms with van der Waals surface area (Å²) in [6, 6.07) is 14.4. The highest BCUT2D eigenvalue weighted by Crippen LogP contribution is 2.14. The summed E-state index contributed by atoms with van der Waals surface area (Å²) in [6.07, 6.45) is 0.169. The molecule has 0 N–H and O–H groups in total. The molecule has 2 aromatic carbocycles. The highest BCUT2D eigenvalue weighted by molar-refractivity contribution is 9.10. The fourth-order valence-corrected chi connectivity index (χ4v) is 2.35. The zero-order chi connectivity index (χ0) is 16.7. The van der Waals surface area contributed by atoms with Crippen molar-refractivity contribution in [2.24, 2.45) is 0 Å². The van der Waals surface area contributed by atoms with E-state index >= 15 is 0 Å². The summed E-state index contributed by atoms with van der Waals surface area (Å²) in [5.41, 5.74) is 1.55. The highest BCUT2D eigenvalue weighted by Gasteiger charge is 2.05. The number of carbonyl (C=O) groups excluding carboxylic acids is 2. The quantitative estimate of drug-likeness (QED) is 0.537. The Bertz CT molecular complexity index is 680. The number of carbonyl (C=O) groups is 2. The van der Waals surface area contributed by atoms with Gasteiger partial charge in [-0.25, -0.2) is 0 Å². The molecule has 0 radical (unpaired) electrons. The van der Waals surface area contributed by atoms with Crippen LogP contribution >= 0.6 is 15.9 Å². The first kappa shape index (κ1) is 17.2. The van der Waals surface area contributed by atoms with Crippen molar-refractivity contribution in [3.8, 4) is 5.75 Å². The Kier molecular flexibility index (Phi) is 6.35. The first-order valence-corrected chi connectivity index (χ1v) is 7.98. The largest absolute Gasteiger partial charge is 0.493 e. The average molecular weight is 377 g/mol. The SMILES string of the molecule is CC(=O)c1ccc(OCCC(=O)OCc2cccc(Br)c2)cc1. The van der Waals surface area contributed by atoms with E-state index in [1.807, 2.05) is 24.3 Å². The van der Waals surface area contributed by atoms with Crippen LogP contribution in [-0.4, -0.2) is 18.4 Å². The van der Waals surface area contributed by atoms with Gasteiger partial charge in [-0.15, -0.1) is 0 Å². The van der Waals surface area contributed by atoms with Crippen molar-refractivity contribution in [3.63, 3.8) is 0 Å². The fourth-order valence-electron chi connectivity index (χ4n) is 1.90. The van der Waals surface area contributed by atoms with E-state index in [9.17, 15) is 9.59 Å². The van der Waals surface area contributed by atoms with E-state index in [1.54, 1.807) is 24.3 Å². The second-order valence-corrected chi connectivity index (χ2v) is 5.89. The van der Waals surface area contributed by atoms with Gasteiger partial charge in [0.25, 0.3) is 0 Å². The van der Waals surface area contributed by atoms with Crippen LogP contribution in [0.3, 0.4) is 0 Å². The predicted octanol–water partition coefficient (Wildman–Crippen LogP) is 4.16. The molecular weight excluding hydrogens is 360 g/mol. The lowest BCUT2D eigenvalue weighted by atomic mass is 10.1. The minimum atomic E-state index is -0.315. The molecule has 0 amide bonds. The van der Waals surface area contributed by atoms with Gasteiger partial charge in [-0.3, -0.25) is 9.59 Å². The minimum Gasteiger partial charge on any atom is -0.493 e. The molecule has 0 aromatic heterocycles. The number of ether oxygens (including phenoxy) is 2. The summed E-state index contributed by atoms with van der Waals surface area (Å²) in [5, 5.41) is 0. The van der Waals surface area contributed by atoms with E-state index in [0.717, 1.165) is 10.0 Å². The molecule has 0 saturated heterocycles. The maximum absolute atomic E-state index is 11.7. The monoisotopic (exact) mass is 376 g/mol. The van der Waals surface area contributed by atoms with Crippen LogP contribution in [0.15, 0.2) is 53.0 Å². The number of benzene rings is 2. The first-order valence-electron chi connectivity index (χ1n) is 7.18. The molecule has 0 unspecified atom stereocenters.